The number of rotatable bonds is 7. The molecule has 1 fully saturated rings. The Bertz CT molecular complexity index is 563. The maximum atomic E-state index is 5.97. The van der Waals surface area contributed by atoms with E-state index >= 15 is 0 Å². The summed E-state index contributed by atoms with van der Waals surface area (Å²) in [5.74, 6) is 2.31. The Labute approximate surface area is 159 Å². The Morgan fingerprint density at radius 2 is 1.88 bits per heavy atom. The third-order valence-electron chi connectivity index (χ3n) is 5.02. The molecule has 146 valence electrons. The zero-order chi connectivity index (χ0) is 18.9. The van der Waals surface area contributed by atoms with Gasteiger partial charge in [-0.1, -0.05) is 32.0 Å². The van der Waals surface area contributed by atoms with Gasteiger partial charge in [-0.05, 0) is 44.2 Å². The van der Waals surface area contributed by atoms with Crippen molar-refractivity contribution in [3.05, 3.63) is 29.8 Å². The number of benzene rings is 1. The molecule has 5 nitrogen and oxygen atoms in total. The third-order valence-corrected chi connectivity index (χ3v) is 5.02. The molecular weight excluding hydrogens is 324 g/mol. The van der Waals surface area contributed by atoms with Gasteiger partial charge in [0, 0.05) is 32.2 Å². The first-order chi connectivity index (χ1) is 12.5. The molecule has 0 saturated carbocycles. The molecule has 1 aliphatic rings. The highest BCUT2D eigenvalue weighted by Crippen LogP contribution is 2.25. The molecule has 1 aromatic carbocycles. The van der Waals surface area contributed by atoms with Crippen LogP contribution in [0.15, 0.2) is 29.3 Å². The average molecular weight is 361 g/mol. The van der Waals surface area contributed by atoms with Gasteiger partial charge in [0.25, 0.3) is 0 Å². The Hall–Kier alpha value is -1.75. The summed E-state index contributed by atoms with van der Waals surface area (Å²) in [7, 11) is 1.83. The van der Waals surface area contributed by atoms with Gasteiger partial charge in [-0.25, -0.2) is 0 Å². The zero-order valence-electron chi connectivity index (χ0n) is 17.1. The summed E-state index contributed by atoms with van der Waals surface area (Å²) < 4.78 is 5.97. The first-order valence-corrected chi connectivity index (χ1v) is 9.94. The van der Waals surface area contributed by atoms with Crippen molar-refractivity contribution < 1.29 is 4.74 Å². The fourth-order valence-corrected chi connectivity index (χ4v) is 3.37. The normalized spacial score (nSPS) is 17.0. The van der Waals surface area contributed by atoms with Crippen LogP contribution in [-0.4, -0.2) is 56.2 Å². The molecule has 5 heteroatoms. The lowest BCUT2D eigenvalue weighted by molar-refractivity contribution is 0.167. The molecule has 2 N–H and O–H groups in total. The van der Waals surface area contributed by atoms with Gasteiger partial charge in [-0.15, -0.1) is 0 Å². The number of nitrogens with zero attached hydrogens (tertiary/aromatic N) is 2. The van der Waals surface area contributed by atoms with Crippen LogP contribution in [0.3, 0.4) is 0 Å². The first kappa shape index (κ1) is 20.6. The van der Waals surface area contributed by atoms with Crippen LogP contribution in [0.5, 0.6) is 5.75 Å². The molecule has 0 aliphatic carbocycles. The molecule has 0 aromatic heterocycles. The van der Waals surface area contributed by atoms with E-state index in [-0.39, 0.29) is 0 Å². The summed E-state index contributed by atoms with van der Waals surface area (Å²) in [6.45, 7) is 12.6. The van der Waals surface area contributed by atoms with E-state index in [9.17, 15) is 0 Å². The van der Waals surface area contributed by atoms with E-state index in [0.29, 0.717) is 24.6 Å². The highest BCUT2D eigenvalue weighted by atomic mass is 16.5. The predicted octanol–water partition coefficient (Wildman–Crippen LogP) is 3.23. The van der Waals surface area contributed by atoms with Crippen molar-refractivity contribution in [1.82, 2.24) is 15.5 Å². The highest BCUT2D eigenvalue weighted by Gasteiger charge is 2.21. The van der Waals surface area contributed by atoms with Crippen LogP contribution < -0.4 is 15.4 Å². The average Bonchev–Trinajstić information content (AvgIpc) is 2.64. The van der Waals surface area contributed by atoms with E-state index in [1.165, 1.54) is 5.56 Å². The second-order valence-electron chi connectivity index (χ2n) is 7.59. The minimum Gasteiger partial charge on any atom is -0.491 e. The largest absolute Gasteiger partial charge is 0.491 e. The quantitative estimate of drug-likeness (QED) is 0.445. The van der Waals surface area contributed by atoms with Crippen LogP contribution in [0, 0.1) is 0 Å². The molecule has 1 heterocycles. The highest BCUT2D eigenvalue weighted by molar-refractivity contribution is 5.79. The molecule has 26 heavy (non-hydrogen) atoms. The number of piperidine rings is 1. The number of para-hydroxylation sites is 1. The van der Waals surface area contributed by atoms with E-state index in [1.807, 2.05) is 19.2 Å². The molecule has 0 amide bonds. The second-order valence-corrected chi connectivity index (χ2v) is 7.59. The Balaban J connectivity index is 1.71. The van der Waals surface area contributed by atoms with Crippen LogP contribution in [-0.2, 0) is 0 Å². The standard InChI is InChI=1S/C21H36N4O/c1-16(2)19-8-6-7-9-20(19)26-15-12-23-21(22-5)24-18-10-13-25(14-11-18)17(3)4/h6-9,16-18H,10-15H2,1-5H3,(H2,22,23,24). The predicted molar refractivity (Wildman–Crippen MR) is 110 cm³/mol. The van der Waals surface area contributed by atoms with Crippen molar-refractivity contribution in [2.75, 3.05) is 33.3 Å². The van der Waals surface area contributed by atoms with Crippen molar-refractivity contribution in [3.8, 4) is 5.75 Å². The van der Waals surface area contributed by atoms with Gasteiger partial charge in [0.1, 0.15) is 12.4 Å². The molecule has 0 unspecified atom stereocenters. The Morgan fingerprint density at radius 3 is 2.50 bits per heavy atom. The fourth-order valence-electron chi connectivity index (χ4n) is 3.37. The van der Waals surface area contributed by atoms with Gasteiger partial charge in [-0.2, -0.15) is 0 Å². The van der Waals surface area contributed by atoms with Crippen LogP contribution in [0.1, 0.15) is 52.0 Å². The van der Waals surface area contributed by atoms with Gasteiger partial charge in [0.05, 0.1) is 6.54 Å². The Kier molecular flexibility index (Phi) is 8.23. The van der Waals surface area contributed by atoms with Crippen molar-refractivity contribution in [2.24, 2.45) is 4.99 Å². The van der Waals surface area contributed by atoms with Crippen molar-refractivity contribution >= 4 is 5.96 Å². The molecular formula is C21H36N4O. The van der Waals surface area contributed by atoms with Crippen molar-refractivity contribution in [2.45, 2.75) is 58.5 Å². The van der Waals surface area contributed by atoms with Crippen molar-refractivity contribution in [3.63, 3.8) is 0 Å². The molecule has 1 saturated heterocycles. The molecule has 0 atom stereocenters. The van der Waals surface area contributed by atoms with E-state index in [0.717, 1.165) is 44.2 Å². The van der Waals surface area contributed by atoms with Crippen molar-refractivity contribution in [1.29, 1.82) is 0 Å². The van der Waals surface area contributed by atoms with E-state index in [1.54, 1.807) is 0 Å². The third kappa shape index (κ3) is 6.20. The maximum absolute atomic E-state index is 5.97. The molecule has 1 aliphatic heterocycles. The number of guanidine groups is 1. The number of aliphatic imine (C=N–C) groups is 1. The number of nitrogens with one attached hydrogen (secondary N) is 2. The minimum absolute atomic E-state index is 0.463. The molecule has 0 spiro atoms. The summed E-state index contributed by atoms with van der Waals surface area (Å²) in [5, 5.41) is 6.92. The van der Waals surface area contributed by atoms with Crippen LogP contribution in [0.4, 0.5) is 0 Å². The lowest BCUT2D eigenvalue weighted by Crippen LogP contribution is -2.50. The Morgan fingerprint density at radius 1 is 1.19 bits per heavy atom. The second kappa shape index (κ2) is 10.4. The van der Waals surface area contributed by atoms with Gasteiger partial charge >= 0.3 is 0 Å². The monoisotopic (exact) mass is 360 g/mol. The summed E-state index contributed by atoms with van der Waals surface area (Å²) in [5.41, 5.74) is 1.26. The van der Waals surface area contributed by atoms with Crippen LogP contribution in [0.25, 0.3) is 0 Å². The van der Waals surface area contributed by atoms with Crippen LogP contribution >= 0.6 is 0 Å². The van der Waals surface area contributed by atoms with E-state index in [2.05, 4.69) is 60.4 Å². The molecule has 0 radical (unpaired) electrons. The first-order valence-electron chi connectivity index (χ1n) is 9.94. The van der Waals surface area contributed by atoms with E-state index in [4.69, 9.17) is 4.74 Å². The lowest BCUT2D eigenvalue weighted by Gasteiger charge is -2.35. The summed E-state index contributed by atoms with van der Waals surface area (Å²) in [4.78, 5) is 6.89. The number of likely N-dealkylation sites (tertiary alicyclic amines) is 1. The van der Waals surface area contributed by atoms with E-state index < -0.39 is 0 Å². The molecule has 2 rings (SSSR count). The summed E-state index contributed by atoms with van der Waals surface area (Å²) in [6, 6.07) is 9.41. The van der Waals surface area contributed by atoms with Crippen LogP contribution in [0.2, 0.25) is 0 Å². The fraction of sp³-hybridized carbons (Fsp3) is 0.667. The SMILES string of the molecule is CN=C(NCCOc1ccccc1C(C)C)NC1CCN(C(C)C)CC1. The zero-order valence-corrected chi connectivity index (χ0v) is 17.1. The number of hydrogen-bond donors (Lipinski definition) is 2. The number of ether oxygens (including phenoxy) is 1. The summed E-state index contributed by atoms with van der Waals surface area (Å²) >= 11 is 0. The molecule has 0 bridgehead atoms. The maximum Gasteiger partial charge on any atom is 0.191 e. The van der Waals surface area contributed by atoms with Gasteiger partial charge in [-0.3, -0.25) is 4.99 Å². The summed E-state index contributed by atoms with van der Waals surface area (Å²) in [6.07, 6.45) is 2.33. The molecule has 1 aromatic rings. The smallest absolute Gasteiger partial charge is 0.191 e. The van der Waals surface area contributed by atoms with Gasteiger partial charge in [0.15, 0.2) is 5.96 Å². The van der Waals surface area contributed by atoms with Gasteiger partial charge < -0.3 is 20.3 Å². The topological polar surface area (TPSA) is 48.9 Å². The number of hydrogen-bond acceptors (Lipinski definition) is 3. The minimum atomic E-state index is 0.463. The lowest BCUT2D eigenvalue weighted by atomic mass is 10.0. The van der Waals surface area contributed by atoms with Gasteiger partial charge in [0.2, 0.25) is 0 Å².